The summed E-state index contributed by atoms with van der Waals surface area (Å²) in [5, 5.41) is 2.50. The standard InChI is InChI=1S/C17H37N3/c1-13(2)10-17(12-18,11-14(3)4)19-20-15(5)8-7-9-16(20)6/h13-16,19H,7-12,18H2,1-6H3. The maximum atomic E-state index is 6.22. The van der Waals surface area contributed by atoms with Crippen LogP contribution in [0.3, 0.4) is 0 Å². The summed E-state index contributed by atoms with van der Waals surface area (Å²) in [6.07, 6.45) is 6.24. The molecular formula is C17H37N3. The molecule has 1 heterocycles. The highest BCUT2D eigenvalue weighted by Gasteiger charge is 2.36. The lowest BCUT2D eigenvalue weighted by molar-refractivity contribution is -0.0106. The van der Waals surface area contributed by atoms with Crippen molar-refractivity contribution in [2.24, 2.45) is 17.6 Å². The predicted octanol–water partition coefficient (Wildman–Crippen LogP) is 3.54. The third-order valence-electron chi connectivity index (χ3n) is 4.55. The zero-order chi connectivity index (χ0) is 15.3. The minimum atomic E-state index is 0.0577. The predicted molar refractivity (Wildman–Crippen MR) is 88.4 cm³/mol. The van der Waals surface area contributed by atoms with Gasteiger partial charge in [0.05, 0.1) is 0 Å². The van der Waals surface area contributed by atoms with Crippen molar-refractivity contribution in [2.75, 3.05) is 6.54 Å². The largest absolute Gasteiger partial charge is 0.329 e. The quantitative estimate of drug-likeness (QED) is 0.751. The van der Waals surface area contributed by atoms with Gasteiger partial charge in [0, 0.05) is 24.2 Å². The average Bonchev–Trinajstić information content (AvgIpc) is 2.32. The molecule has 0 amide bonds. The zero-order valence-electron chi connectivity index (χ0n) is 14.6. The Hall–Kier alpha value is -0.120. The van der Waals surface area contributed by atoms with Gasteiger partial charge in [-0.15, -0.1) is 0 Å². The second kappa shape index (κ2) is 7.77. The van der Waals surface area contributed by atoms with E-state index in [4.69, 9.17) is 5.73 Å². The fraction of sp³-hybridized carbons (Fsp3) is 1.00. The Balaban J connectivity index is 2.85. The van der Waals surface area contributed by atoms with E-state index in [9.17, 15) is 0 Å². The molecule has 0 aromatic rings. The van der Waals surface area contributed by atoms with Crippen LogP contribution in [-0.4, -0.2) is 29.2 Å². The maximum absolute atomic E-state index is 6.22. The van der Waals surface area contributed by atoms with E-state index in [-0.39, 0.29) is 5.54 Å². The summed E-state index contributed by atoms with van der Waals surface area (Å²) >= 11 is 0. The van der Waals surface area contributed by atoms with E-state index in [2.05, 4.69) is 52.0 Å². The number of hydrazine groups is 1. The summed E-state index contributed by atoms with van der Waals surface area (Å²) in [5.74, 6) is 1.33. The van der Waals surface area contributed by atoms with Gasteiger partial charge in [0.2, 0.25) is 0 Å². The van der Waals surface area contributed by atoms with Gasteiger partial charge in [0.1, 0.15) is 0 Å². The van der Waals surface area contributed by atoms with Gasteiger partial charge >= 0.3 is 0 Å². The summed E-state index contributed by atoms with van der Waals surface area (Å²) < 4.78 is 0. The highest BCUT2D eigenvalue weighted by Crippen LogP contribution is 2.28. The molecule has 2 atom stereocenters. The van der Waals surface area contributed by atoms with Crippen LogP contribution in [-0.2, 0) is 0 Å². The van der Waals surface area contributed by atoms with Crippen LogP contribution in [0.15, 0.2) is 0 Å². The fourth-order valence-corrected chi connectivity index (χ4v) is 3.87. The molecular weight excluding hydrogens is 246 g/mol. The average molecular weight is 284 g/mol. The van der Waals surface area contributed by atoms with E-state index < -0.39 is 0 Å². The number of piperidine rings is 1. The van der Waals surface area contributed by atoms with E-state index in [0.717, 1.165) is 19.4 Å². The third kappa shape index (κ3) is 5.01. The number of hydrogen-bond donors (Lipinski definition) is 2. The summed E-state index contributed by atoms with van der Waals surface area (Å²) in [5.41, 5.74) is 10.2. The first-order chi connectivity index (χ1) is 9.29. The fourth-order valence-electron chi connectivity index (χ4n) is 3.87. The highest BCUT2D eigenvalue weighted by molar-refractivity contribution is 4.92. The first kappa shape index (κ1) is 17.9. The third-order valence-corrected chi connectivity index (χ3v) is 4.55. The van der Waals surface area contributed by atoms with Gasteiger partial charge in [-0.2, -0.15) is 0 Å². The van der Waals surface area contributed by atoms with Crippen LogP contribution >= 0.6 is 0 Å². The SMILES string of the molecule is CC(C)CC(CN)(CC(C)C)NN1C(C)CCCC1C. The molecule has 0 saturated carbocycles. The number of rotatable bonds is 7. The summed E-state index contributed by atoms with van der Waals surface area (Å²) in [6, 6.07) is 1.23. The van der Waals surface area contributed by atoms with Crippen LogP contribution < -0.4 is 11.2 Å². The molecule has 20 heavy (non-hydrogen) atoms. The molecule has 1 aliphatic heterocycles. The van der Waals surface area contributed by atoms with Crippen LogP contribution in [0.25, 0.3) is 0 Å². The smallest absolute Gasteiger partial charge is 0.0453 e. The number of nitrogens with two attached hydrogens (primary N) is 1. The van der Waals surface area contributed by atoms with Gasteiger partial charge in [0.15, 0.2) is 0 Å². The summed E-state index contributed by atoms with van der Waals surface area (Å²) in [6.45, 7) is 14.6. The van der Waals surface area contributed by atoms with Gasteiger partial charge < -0.3 is 5.73 Å². The van der Waals surface area contributed by atoms with Crippen molar-refractivity contribution in [3.8, 4) is 0 Å². The Labute approximate surface area is 126 Å². The van der Waals surface area contributed by atoms with Crippen molar-refractivity contribution in [3.05, 3.63) is 0 Å². The Morgan fingerprint density at radius 3 is 1.85 bits per heavy atom. The molecule has 0 spiro atoms. The van der Waals surface area contributed by atoms with Crippen LogP contribution in [0.1, 0.15) is 73.6 Å². The molecule has 0 aromatic heterocycles. The molecule has 3 N–H and O–H groups in total. The molecule has 0 aliphatic carbocycles. The zero-order valence-corrected chi connectivity index (χ0v) is 14.6. The van der Waals surface area contributed by atoms with Crippen molar-refractivity contribution in [1.82, 2.24) is 10.4 Å². The van der Waals surface area contributed by atoms with Gasteiger partial charge in [-0.25, -0.2) is 10.4 Å². The molecule has 1 saturated heterocycles. The van der Waals surface area contributed by atoms with E-state index in [1.165, 1.54) is 19.3 Å². The molecule has 0 bridgehead atoms. The lowest BCUT2D eigenvalue weighted by Crippen LogP contribution is -2.64. The van der Waals surface area contributed by atoms with Gasteiger partial charge in [-0.1, -0.05) is 34.1 Å². The second-order valence-electron chi connectivity index (χ2n) is 7.83. The normalized spacial score (nSPS) is 25.6. The van der Waals surface area contributed by atoms with E-state index >= 15 is 0 Å². The van der Waals surface area contributed by atoms with Crippen molar-refractivity contribution >= 4 is 0 Å². The number of nitrogens with zero attached hydrogens (tertiary/aromatic N) is 1. The van der Waals surface area contributed by atoms with Crippen LogP contribution in [0, 0.1) is 11.8 Å². The Bertz CT molecular complexity index is 255. The number of nitrogens with one attached hydrogen (secondary N) is 1. The Kier molecular flexibility index (Phi) is 6.96. The lowest BCUT2D eigenvalue weighted by Gasteiger charge is -2.47. The molecule has 120 valence electrons. The van der Waals surface area contributed by atoms with Crippen LogP contribution in [0.4, 0.5) is 0 Å². The monoisotopic (exact) mass is 283 g/mol. The van der Waals surface area contributed by atoms with Crippen molar-refractivity contribution in [1.29, 1.82) is 0 Å². The van der Waals surface area contributed by atoms with Crippen molar-refractivity contribution in [3.63, 3.8) is 0 Å². The Morgan fingerprint density at radius 1 is 1.05 bits per heavy atom. The van der Waals surface area contributed by atoms with E-state index in [0.29, 0.717) is 23.9 Å². The molecule has 1 aliphatic rings. The number of hydrogen-bond acceptors (Lipinski definition) is 3. The summed E-state index contributed by atoms with van der Waals surface area (Å²) in [4.78, 5) is 0. The molecule has 3 nitrogen and oxygen atoms in total. The first-order valence-electron chi connectivity index (χ1n) is 8.56. The molecule has 3 heteroatoms. The molecule has 1 rings (SSSR count). The molecule has 0 radical (unpaired) electrons. The molecule has 2 unspecified atom stereocenters. The van der Waals surface area contributed by atoms with E-state index in [1.54, 1.807) is 0 Å². The molecule has 1 fully saturated rings. The maximum Gasteiger partial charge on any atom is 0.0453 e. The van der Waals surface area contributed by atoms with Crippen LogP contribution in [0.5, 0.6) is 0 Å². The summed E-state index contributed by atoms with van der Waals surface area (Å²) in [7, 11) is 0. The van der Waals surface area contributed by atoms with Gasteiger partial charge in [-0.3, -0.25) is 0 Å². The second-order valence-corrected chi connectivity index (χ2v) is 7.83. The Morgan fingerprint density at radius 2 is 1.50 bits per heavy atom. The van der Waals surface area contributed by atoms with Gasteiger partial charge in [0.25, 0.3) is 0 Å². The highest BCUT2D eigenvalue weighted by atomic mass is 15.6. The van der Waals surface area contributed by atoms with Gasteiger partial charge in [-0.05, 0) is 51.4 Å². The minimum absolute atomic E-state index is 0.0577. The van der Waals surface area contributed by atoms with Crippen molar-refractivity contribution < 1.29 is 0 Å². The topological polar surface area (TPSA) is 41.3 Å². The van der Waals surface area contributed by atoms with E-state index in [1.807, 2.05) is 0 Å². The van der Waals surface area contributed by atoms with Crippen molar-refractivity contribution in [2.45, 2.75) is 91.3 Å². The first-order valence-corrected chi connectivity index (χ1v) is 8.56. The lowest BCUT2D eigenvalue weighted by atomic mass is 9.82. The van der Waals surface area contributed by atoms with Crippen LogP contribution in [0.2, 0.25) is 0 Å². The molecule has 0 aromatic carbocycles. The minimum Gasteiger partial charge on any atom is -0.329 e.